The number of anilines is 1. The minimum atomic E-state index is -1.00. The maximum Gasteiger partial charge on any atom is 0.336 e. The molecule has 7 heteroatoms. The van der Waals surface area contributed by atoms with E-state index in [1.807, 2.05) is 6.92 Å². The van der Waals surface area contributed by atoms with Crippen LogP contribution in [0.1, 0.15) is 37.7 Å². The molecule has 0 aliphatic rings. The number of carboxylic acids is 1. The summed E-state index contributed by atoms with van der Waals surface area (Å²) in [6.07, 6.45) is 0.793. The lowest BCUT2D eigenvalue weighted by atomic mass is 10.3. The molecule has 0 saturated carbocycles. The number of carboxylic acid groups (broad SMARTS) is 1. The van der Waals surface area contributed by atoms with Crippen LogP contribution >= 0.6 is 22.7 Å². The van der Waals surface area contributed by atoms with Crippen LogP contribution in [0.25, 0.3) is 0 Å². The van der Waals surface area contributed by atoms with Gasteiger partial charge in [0.05, 0.1) is 21.3 Å². The number of carbonyl (C=O) groups excluding carboxylic acids is 1. The monoisotopic (exact) mass is 296 g/mol. The van der Waals surface area contributed by atoms with Gasteiger partial charge in [0.25, 0.3) is 5.91 Å². The lowest BCUT2D eigenvalue weighted by molar-refractivity contribution is 0.0697. The van der Waals surface area contributed by atoms with E-state index in [4.69, 9.17) is 5.11 Å². The van der Waals surface area contributed by atoms with Crippen molar-refractivity contribution in [3.63, 3.8) is 0 Å². The van der Waals surface area contributed by atoms with Gasteiger partial charge in [0.15, 0.2) is 0 Å². The lowest BCUT2D eigenvalue weighted by Gasteiger charge is -1.99. The van der Waals surface area contributed by atoms with Crippen LogP contribution in [0.4, 0.5) is 5.00 Å². The Labute approximate surface area is 117 Å². The second kappa shape index (κ2) is 5.50. The average Bonchev–Trinajstić information content (AvgIpc) is 2.95. The van der Waals surface area contributed by atoms with E-state index >= 15 is 0 Å². The van der Waals surface area contributed by atoms with Crippen molar-refractivity contribution in [3.8, 4) is 0 Å². The van der Waals surface area contributed by atoms with Gasteiger partial charge in [-0.15, -0.1) is 22.7 Å². The minimum Gasteiger partial charge on any atom is -0.478 e. The Bertz CT molecular complexity index is 631. The third kappa shape index (κ3) is 2.99. The van der Waals surface area contributed by atoms with Crippen molar-refractivity contribution in [1.82, 2.24) is 4.98 Å². The van der Waals surface area contributed by atoms with Crippen LogP contribution in [0.5, 0.6) is 0 Å². The summed E-state index contributed by atoms with van der Waals surface area (Å²) in [5.41, 5.74) is 0.880. The predicted octanol–water partition coefficient (Wildman–Crippen LogP) is 3.03. The summed E-state index contributed by atoms with van der Waals surface area (Å²) < 4.78 is 0. The molecule has 2 rings (SSSR count). The first-order valence-electron chi connectivity index (χ1n) is 5.60. The number of hydrogen-bond donors (Lipinski definition) is 2. The molecule has 19 heavy (non-hydrogen) atoms. The summed E-state index contributed by atoms with van der Waals surface area (Å²) in [6.45, 7) is 3.78. The molecule has 2 aromatic rings. The third-order valence-electron chi connectivity index (χ3n) is 2.43. The first-order valence-corrected chi connectivity index (χ1v) is 7.30. The molecule has 0 unspecified atom stereocenters. The fraction of sp³-hybridized carbons (Fsp3) is 0.250. The highest BCUT2D eigenvalue weighted by atomic mass is 32.1. The second-order valence-electron chi connectivity index (χ2n) is 3.83. The zero-order valence-electron chi connectivity index (χ0n) is 10.4. The molecule has 0 aliphatic carbocycles. The number of thiazole rings is 1. The zero-order chi connectivity index (χ0) is 14.0. The SMILES string of the molecule is CCc1nc(C)c(C(=O)Nc2cc(C(=O)O)cs2)s1. The number of nitrogens with one attached hydrogen (secondary N) is 1. The van der Waals surface area contributed by atoms with Gasteiger partial charge in [-0.3, -0.25) is 4.79 Å². The molecule has 1 amide bonds. The van der Waals surface area contributed by atoms with E-state index in [9.17, 15) is 9.59 Å². The molecule has 0 fully saturated rings. The van der Waals surface area contributed by atoms with Gasteiger partial charge in [-0.2, -0.15) is 0 Å². The number of aromatic nitrogens is 1. The smallest absolute Gasteiger partial charge is 0.336 e. The van der Waals surface area contributed by atoms with Crippen molar-refractivity contribution < 1.29 is 14.7 Å². The minimum absolute atomic E-state index is 0.176. The Balaban J connectivity index is 2.15. The van der Waals surface area contributed by atoms with Crippen molar-refractivity contribution in [3.05, 3.63) is 32.6 Å². The standard InChI is InChI=1S/C12H12N2O3S2/c1-3-8-13-6(2)10(19-8)11(15)14-9-4-7(5-18-9)12(16)17/h4-5H,3H2,1-2H3,(H,14,15)(H,16,17). The number of thiophene rings is 1. The van der Waals surface area contributed by atoms with Crippen molar-refractivity contribution in [2.45, 2.75) is 20.3 Å². The Kier molecular flexibility index (Phi) is 3.96. The summed E-state index contributed by atoms with van der Waals surface area (Å²) in [7, 11) is 0. The molecule has 0 aliphatic heterocycles. The maximum absolute atomic E-state index is 12.1. The Morgan fingerprint density at radius 3 is 2.74 bits per heavy atom. The van der Waals surface area contributed by atoms with Gasteiger partial charge >= 0.3 is 5.97 Å². The number of carbonyl (C=O) groups is 2. The fourth-order valence-electron chi connectivity index (χ4n) is 1.50. The van der Waals surface area contributed by atoms with Crippen molar-refractivity contribution in [1.29, 1.82) is 0 Å². The van der Waals surface area contributed by atoms with Crippen LogP contribution < -0.4 is 5.32 Å². The molecule has 2 aromatic heterocycles. The van der Waals surface area contributed by atoms with Gasteiger partial charge in [0.1, 0.15) is 4.88 Å². The summed E-state index contributed by atoms with van der Waals surface area (Å²) in [5, 5.41) is 14.4. The Morgan fingerprint density at radius 2 is 2.21 bits per heavy atom. The van der Waals surface area contributed by atoms with E-state index in [-0.39, 0.29) is 11.5 Å². The van der Waals surface area contributed by atoms with Gasteiger partial charge in [-0.25, -0.2) is 9.78 Å². The van der Waals surface area contributed by atoms with E-state index in [0.29, 0.717) is 15.6 Å². The summed E-state index contributed by atoms with van der Waals surface area (Å²) in [5.74, 6) is -1.24. The van der Waals surface area contributed by atoms with Crippen LogP contribution in [0.2, 0.25) is 0 Å². The summed E-state index contributed by atoms with van der Waals surface area (Å²) >= 11 is 2.56. The maximum atomic E-state index is 12.1. The number of hydrogen-bond acceptors (Lipinski definition) is 5. The van der Waals surface area contributed by atoms with Crippen LogP contribution in [0, 0.1) is 6.92 Å². The van der Waals surface area contributed by atoms with Crippen molar-refractivity contribution in [2.75, 3.05) is 5.32 Å². The summed E-state index contributed by atoms with van der Waals surface area (Å²) in [6, 6.07) is 1.45. The molecular formula is C12H12N2O3S2. The van der Waals surface area contributed by atoms with Gasteiger partial charge in [-0.1, -0.05) is 6.92 Å². The van der Waals surface area contributed by atoms with Gasteiger partial charge in [0, 0.05) is 5.38 Å². The average molecular weight is 296 g/mol. The number of rotatable bonds is 4. The number of aryl methyl sites for hydroxylation is 2. The Hall–Kier alpha value is -1.73. The number of nitrogens with zero attached hydrogens (tertiary/aromatic N) is 1. The molecule has 2 N–H and O–H groups in total. The molecule has 5 nitrogen and oxygen atoms in total. The molecule has 0 saturated heterocycles. The van der Waals surface area contributed by atoms with E-state index in [1.54, 1.807) is 6.92 Å². The molecular weight excluding hydrogens is 284 g/mol. The van der Waals surface area contributed by atoms with Crippen LogP contribution in [-0.4, -0.2) is 22.0 Å². The van der Waals surface area contributed by atoms with Crippen molar-refractivity contribution >= 4 is 39.6 Å². The van der Waals surface area contributed by atoms with Gasteiger partial charge < -0.3 is 10.4 Å². The van der Waals surface area contributed by atoms with E-state index in [0.717, 1.165) is 11.4 Å². The zero-order valence-corrected chi connectivity index (χ0v) is 12.0. The molecule has 0 bridgehead atoms. The molecule has 0 aromatic carbocycles. The van der Waals surface area contributed by atoms with E-state index in [2.05, 4.69) is 10.3 Å². The molecule has 0 atom stereocenters. The molecule has 0 spiro atoms. The van der Waals surface area contributed by atoms with Crippen molar-refractivity contribution in [2.24, 2.45) is 0 Å². The third-order valence-corrected chi connectivity index (χ3v) is 4.58. The molecule has 0 radical (unpaired) electrons. The number of aromatic carboxylic acids is 1. The van der Waals surface area contributed by atoms with Crippen LogP contribution in [-0.2, 0) is 6.42 Å². The largest absolute Gasteiger partial charge is 0.478 e. The number of amides is 1. The lowest BCUT2D eigenvalue weighted by Crippen LogP contribution is -2.10. The van der Waals surface area contributed by atoms with Crippen LogP contribution in [0.3, 0.4) is 0 Å². The first kappa shape index (κ1) is 13.7. The highest BCUT2D eigenvalue weighted by molar-refractivity contribution is 7.15. The van der Waals surface area contributed by atoms with E-state index < -0.39 is 5.97 Å². The second-order valence-corrected chi connectivity index (χ2v) is 5.83. The highest BCUT2D eigenvalue weighted by Crippen LogP contribution is 2.24. The van der Waals surface area contributed by atoms with Crippen LogP contribution in [0.15, 0.2) is 11.4 Å². The van der Waals surface area contributed by atoms with Gasteiger partial charge in [0.2, 0.25) is 0 Å². The predicted molar refractivity (Wildman–Crippen MR) is 75.5 cm³/mol. The fourth-order valence-corrected chi connectivity index (χ4v) is 3.17. The normalized spacial score (nSPS) is 10.4. The first-order chi connectivity index (χ1) is 9.01. The highest BCUT2D eigenvalue weighted by Gasteiger charge is 2.16. The Morgan fingerprint density at radius 1 is 1.47 bits per heavy atom. The summed E-state index contributed by atoms with van der Waals surface area (Å²) in [4.78, 5) is 27.7. The topological polar surface area (TPSA) is 79.3 Å². The molecule has 2 heterocycles. The molecule has 100 valence electrons. The van der Waals surface area contributed by atoms with E-state index in [1.165, 1.54) is 34.1 Å². The quantitative estimate of drug-likeness (QED) is 0.909. The van der Waals surface area contributed by atoms with Gasteiger partial charge in [-0.05, 0) is 19.4 Å².